The first kappa shape index (κ1) is 14.9. The second kappa shape index (κ2) is 6.39. The van der Waals surface area contributed by atoms with Gasteiger partial charge in [0.05, 0.1) is 6.54 Å². The third kappa shape index (κ3) is 3.42. The predicted octanol–water partition coefficient (Wildman–Crippen LogP) is 2.26. The molecule has 0 aliphatic carbocycles. The first-order valence-corrected chi connectivity index (χ1v) is 6.75. The molecule has 6 nitrogen and oxygen atoms in total. The molecule has 0 saturated heterocycles. The summed E-state index contributed by atoms with van der Waals surface area (Å²) in [5.41, 5.74) is 1.02. The van der Waals surface area contributed by atoms with Crippen LogP contribution in [0.3, 0.4) is 0 Å². The normalized spacial score (nSPS) is 10.9. The van der Waals surface area contributed by atoms with Crippen molar-refractivity contribution >= 4 is 11.6 Å². The average molecular weight is 318 g/mol. The molecule has 0 aliphatic rings. The van der Waals surface area contributed by atoms with E-state index in [-0.39, 0.29) is 18.2 Å². The molecule has 0 bridgehead atoms. The monoisotopic (exact) mass is 318 g/mol. The molecule has 0 unspecified atom stereocenters. The fourth-order valence-electron chi connectivity index (χ4n) is 2.06. The minimum absolute atomic E-state index is 0.000000772. The van der Waals surface area contributed by atoms with Crippen LogP contribution in [0.15, 0.2) is 48.7 Å². The number of halogens is 2. The SMILES string of the molecule is O=C(NCc1nnc2ccccn12)c1ccc(OC(F)F)cc1. The van der Waals surface area contributed by atoms with Crippen LogP contribution < -0.4 is 10.1 Å². The highest BCUT2D eigenvalue weighted by Crippen LogP contribution is 2.15. The van der Waals surface area contributed by atoms with E-state index in [4.69, 9.17) is 0 Å². The Labute approximate surface area is 129 Å². The lowest BCUT2D eigenvalue weighted by atomic mass is 10.2. The van der Waals surface area contributed by atoms with Gasteiger partial charge < -0.3 is 10.1 Å². The maximum atomic E-state index is 12.1. The van der Waals surface area contributed by atoms with Crippen molar-refractivity contribution in [3.05, 3.63) is 60.0 Å². The lowest BCUT2D eigenvalue weighted by Crippen LogP contribution is -2.23. The lowest BCUT2D eigenvalue weighted by molar-refractivity contribution is -0.0498. The van der Waals surface area contributed by atoms with Crippen molar-refractivity contribution in [2.45, 2.75) is 13.2 Å². The Kier molecular flexibility index (Phi) is 4.13. The smallest absolute Gasteiger partial charge is 0.387 e. The van der Waals surface area contributed by atoms with E-state index in [9.17, 15) is 13.6 Å². The molecule has 0 spiro atoms. The van der Waals surface area contributed by atoms with E-state index in [1.54, 1.807) is 16.7 Å². The minimum atomic E-state index is -2.89. The van der Waals surface area contributed by atoms with Gasteiger partial charge >= 0.3 is 6.61 Å². The van der Waals surface area contributed by atoms with Crippen molar-refractivity contribution < 1.29 is 18.3 Å². The fraction of sp³-hybridized carbons (Fsp3) is 0.133. The van der Waals surface area contributed by atoms with Crippen LogP contribution in [-0.4, -0.2) is 27.1 Å². The van der Waals surface area contributed by atoms with E-state index in [0.717, 1.165) is 0 Å². The number of benzene rings is 1. The Morgan fingerprint density at radius 1 is 1.17 bits per heavy atom. The number of nitrogens with one attached hydrogen (secondary N) is 1. The number of hydrogen-bond acceptors (Lipinski definition) is 4. The van der Waals surface area contributed by atoms with Crippen molar-refractivity contribution in [3.8, 4) is 5.75 Å². The van der Waals surface area contributed by atoms with E-state index in [1.807, 2.05) is 12.1 Å². The van der Waals surface area contributed by atoms with Crippen LogP contribution in [0.1, 0.15) is 16.2 Å². The Bertz CT molecular complexity index is 818. The summed E-state index contributed by atoms with van der Waals surface area (Å²) in [5, 5.41) is 10.7. The van der Waals surface area contributed by atoms with Crippen molar-refractivity contribution in [3.63, 3.8) is 0 Å². The quantitative estimate of drug-likeness (QED) is 0.783. The van der Waals surface area contributed by atoms with Crippen LogP contribution in [0.2, 0.25) is 0 Å². The first-order valence-electron chi connectivity index (χ1n) is 6.75. The largest absolute Gasteiger partial charge is 0.435 e. The van der Waals surface area contributed by atoms with Crippen LogP contribution in [0.25, 0.3) is 5.65 Å². The number of amides is 1. The van der Waals surface area contributed by atoms with Gasteiger partial charge in [-0.3, -0.25) is 9.20 Å². The van der Waals surface area contributed by atoms with E-state index < -0.39 is 6.61 Å². The van der Waals surface area contributed by atoms with Gasteiger partial charge in [-0.05, 0) is 36.4 Å². The summed E-state index contributed by atoms with van der Waals surface area (Å²) in [6.45, 7) is -2.70. The molecule has 118 valence electrons. The summed E-state index contributed by atoms with van der Waals surface area (Å²) in [5.74, 6) is 0.243. The Morgan fingerprint density at radius 2 is 1.96 bits per heavy atom. The summed E-state index contributed by atoms with van der Waals surface area (Å²) >= 11 is 0. The zero-order chi connectivity index (χ0) is 16.2. The van der Waals surface area contributed by atoms with E-state index >= 15 is 0 Å². The third-order valence-corrected chi connectivity index (χ3v) is 3.13. The Balaban J connectivity index is 1.65. The molecule has 1 amide bonds. The lowest BCUT2D eigenvalue weighted by Gasteiger charge is -2.06. The molecule has 0 radical (unpaired) electrons. The number of fused-ring (bicyclic) bond motifs is 1. The number of carbonyl (C=O) groups is 1. The number of carbonyl (C=O) groups excluding carboxylic acids is 1. The molecule has 23 heavy (non-hydrogen) atoms. The van der Waals surface area contributed by atoms with Gasteiger partial charge in [-0.2, -0.15) is 8.78 Å². The van der Waals surface area contributed by atoms with E-state index in [2.05, 4.69) is 20.3 Å². The Morgan fingerprint density at radius 3 is 2.70 bits per heavy atom. The number of hydrogen-bond donors (Lipinski definition) is 1. The summed E-state index contributed by atoms with van der Waals surface area (Å²) in [4.78, 5) is 12.1. The number of rotatable bonds is 5. The second-order valence-electron chi connectivity index (χ2n) is 4.63. The van der Waals surface area contributed by atoms with Crippen molar-refractivity contribution in [1.82, 2.24) is 19.9 Å². The standard InChI is InChI=1S/C15H12F2N4O2/c16-15(17)23-11-6-4-10(5-7-11)14(22)18-9-13-20-19-12-3-1-2-8-21(12)13/h1-8,15H,9H2,(H,18,22). The number of nitrogens with zero attached hydrogens (tertiary/aromatic N) is 3. The molecule has 3 aromatic rings. The molecule has 0 atom stereocenters. The van der Waals surface area contributed by atoms with Gasteiger partial charge in [-0.25, -0.2) is 0 Å². The van der Waals surface area contributed by atoms with Crippen molar-refractivity contribution in [2.75, 3.05) is 0 Å². The zero-order valence-electron chi connectivity index (χ0n) is 11.8. The van der Waals surface area contributed by atoms with Gasteiger partial charge in [-0.15, -0.1) is 10.2 Å². The first-order chi connectivity index (χ1) is 11.1. The second-order valence-corrected chi connectivity index (χ2v) is 4.63. The van der Waals surface area contributed by atoms with Gasteiger partial charge in [-0.1, -0.05) is 6.07 Å². The zero-order valence-corrected chi connectivity index (χ0v) is 11.8. The van der Waals surface area contributed by atoms with Gasteiger partial charge in [0.1, 0.15) is 5.75 Å². The molecule has 8 heteroatoms. The summed E-state index contributed by atoms with van der Waals surface area (Å²) < 4.78 is 30.1. The minimum Gasteiger partial charge on any atom is -0.435 e. The van der Waals surface area contributed by atoms with Gasteiger partial charge in [0.15, 0.2) is 11.5 Å². The van der Waals surface area contributed by atoms with Crippen molar-refractivity contribution in [2.24, 2.45) is 0 Å². The van der Waals surface area contributed by atoms with Crippen LogP contribution in [0.4, 0.5) is 8.78 Å². The van der Waals surface area contributed by atoms with Crippen LogP contribution >= 0.6 is 0 Å². The number of ether oxygens (including phenoxy) is 1. The van der Waals surface area contributed by atoms with Gasteiger partial charge in [0.25, 0.3) is 5.91 Å². The summed E-state index contributed by atoms with van der Waals surface area (Å²) in [6.07, 6.45) is 1.80. The molecule has 2 heterocycles. The van der Waals surface area contributed by atoms with E-state index in [1.165, 1.54) is 24.3 Å². The molecule has 3 rings (SSSR count). The molecule has 0 aliphatic heterocycles. The highest BCUT2D eigenvalue weighted by Gasteiger charge is 2.10. The predicted molar refractivity (Wildman–Crippen MR) is 77.2 cm³/mol. The molecule has 2 aromatic heterocycles. The van der Waals surface area contributed by atoms with Gasteiger partial charge in [0.2, 0.25) is 0 Å². The third-order valence-electron chi connectivity index (χ3n) is 3.13. The van der Waals surface area contributed by atoms with Crippen LogP contribution in [0, 0.1) is 0 Å². The fourth-order valence-corrected chi connectivity index (χ4v) is 2.06. The van der Waals surface area contributed by atoms with Gasteiger partial charge in [0, 0.05) is 11.8 Å². The highest BCUT2D eigenvalue weighted by atomic mass is 19.3. The van der Waals surface area contributed by atoms with Crippen LogP contribution in [-0.2, 0) is 6.54 Å². The topological polar surface area (TPSA) is 68.5 Å². The summed E-state index contributed by atoms with van der Waals surface area (Å²) in [6, 6.07) is 10.9. The average Bonchev–Trinajstić information content (AvgIpc) is 2.96. The molecule has 0 saturated carbocycles. The van der Waals surface area contributed by atoms with Crippen molar-refractivity contribution in [1.29, 1.82) is 0 Å². The molecule has 0 fully saturated rings. The van der Waals surface area contributed by atoms with Crippen LogP contribution in [0.5, 0.6) is 5.75 Å². The summed E-state index contributed by atoms with van der Waals surface area (Å²) in [7, 11) is 0. The number of pyridine rings is 1. The molecule has 1 N–H and O–H groups in total. The Hall–Kier alpha value is -3.03. The van der Waals surface area contributed by atoms with E-state index in [0.29, 0.717) is 17.0 Å². The number of alkyl halides is 2. The number of aromatic nitrogens is 3. The highest BCUT2D eigenvalue weighted by molar-refractivity contribution is 5.94. The maximum absolute atomic E-state index is 12.1. The molecule has 1 aromatic carbocycles. The maximum Gasteiger partial charge on any atom is 0.387 e. The molecular weight excluding hydrogens is 306 g/mol. The molecular formula is C15H12F2N4O2.